The summed E-state index contributed by atoms with van der Waals surface area (Å²) in [5.74, 6) is -1.96. The molecule has 3 aliphatic rings. The highest BCUT2D eigenvalue weighted by atomic mass is 32.2. The first-order valence-corrected chi connectivity index (χ1v) is 11.9. The number of fused-ring (bicyclic) bond motifs is 1. The van der Waals surface area contributed by atoms with Crippen LogP contribution < -0.4 is 10.2 Å². The second kappa shape index (κ2) is 7.92. The summed E-state index contributed by atoms with van der Waals surface area (Å²) in [7, 11) is -3.68. The SMILES string of the molecule is O=C1CCC(N2Cc3c(cc(F)cc3N3CCN(S(=O)(=O)c4cn[nH]c4)CC3)C2=O)C(=O)N1. The van der Waals surface area contributed by atoms with Crippen molar-refractivity contribution in [3.8, 4) is 0 Å². The molecule has 174 valence electrons. The summed E-state index contributed by atoms with van der Waals surface area (Å²) in [5, 5.41) is 8.43. The first kappa shape index (κ1) is 21.5. The van der Waals surface area contributed by atoms with E-state index in [0.29, 0.717) is 24.3 Å². The third kappa shape index (κ3) is 3.66. The van der Waals surface area contributed by atoms with Crippen LogP contribution in [0.1, 0.15) is 28.8 Å². The Morgan fingerprint density at radius 3 is 2.52 bits per heavy atom. The molecular weight excluding hydrogens is 455 g/mol. The van der Waals surface area contributed by atoms with Crippen LogP contribution in [0.3, 0.4) is 0 Å². The predicted molar refractivity (Wildman–Crippen MR) is 112 cm³/mol. The molecule has 0 saturated carbocycles. The Morgan fingerprint density at radius 1 is 1.09 bits per heavy atom. The van der Waals surface area contributed by atoms with E-state index in [0.717, 1.165) is 6.07 Å². The summed E-state index contributed by atoms with van der Waals surface area (Å²) in [4.78, 5) is 40.1. The molecule has 2 N–H and O–H groups in total. The van der Waals surface area contributed by atoms with Gasteiger partial charge in [0.2, 0.25) is 21.8 Å². The number of aromatic amines is 1. The zero-order valence-corrected chi connectivity index (χ0v) is 18.3. The fourth-order valence-electron chi connectivity index (χ4n) is 4.59. The number of carbonyl (C=O) groups is 3. The maximum Gasteiger partial charge on any atom is 0.255 e. The van der Waals surface area contributed by atoms with Crippen molar-refractivity contribution in [2.24, 2.45) is 0 Å². The number of H-pyrrole nitrogens is 1. The van der Waals surface area contributed by atoms with Gasteiger partial charge in [-0.1, -0.05) is 0 Å². The van der Waals surface area contributed by atoms with Gasteiger partial charge in [-0.3, -0.25) is 24.8 Å². The fraction of sp³-hybridized carbons (Fsp3) is 0.400. The number of nitrogens with zero attached hydrogens (tertiary/aromatic N) is 4. The molecular formula is C20H21FN6O5S. The lowest BCUT2D eigenvalue weighted by atomic mass is 10.0. The highest BCUT2D eigenvalue weighted by molar-refractivity contribution is 7.89. The molecule has 33 heavy (non-hydrogen) atoms. The molecule has 2 aromatic rings. The zero-order chi connectivity index (χ0) is 23.3. The van der Waals surface area contributed by atoms with Crippen molar-refractivity contribution in [2.75, 3.05) is 31.1 Å². The first-order chi connectivity index (χ1) is 15.8. The molecule has 11 nitrogen and oxygen atoms in total. The number of amides is 3. The number of carbonyl (C=O) groups excluding carboxylic acids is 3. The van der Waals surface area contributed by atoms with Crippen molar-refractivity contribution in [1.82, 2.24) is 24.7 Å². The van der Waals surface area contributed by atoms with E-state index in [2.05, 4.69) is 15.5 Å². The number of anilines is 1. The minimum Gasteiger partial charge on any atom is -0.369 e. The number of hydrogen-bond donors (Lipinski definition) is 2. The number of piperazine rings is 1. The van der Waals surface area contributed by atoms with Crippen LogP contribution in [0.15, 0.2) is 29.4 Å². The number of benzene rings is 1. The largest absolute Gasteiger partial charge is 0.369 e. The van der Waals surface area contributed by atoms with Crippen molar-refractivity contribution in [3.63, 3.8) is 0 Å². The van der Waals surface area contributed by atoms with Crippen LogP contribution in [0.25, 0.3) is 0 Å². The molecule has 0 radical (unpaired) electrons. The second-order valence-corrected chi connectivity index (χ2v) is 10.1. The number of nitrogens with one attached hydrogen (secondary N) is 2. The topological polar surface area (TPSA) is 136 Å². The summed E-state index contributed by atoms with van der Waals surface area (Å²) < 4.78 is 41.2. The quantitative estimate of drug-likeness (QED) is 0.585. The molecule has 2 fully saturated rings. The average molecular weight is 476 g/mol. The molecule has 1 aromatic heterocycles. The van der Waals surface area contributed by atoms with Gasteiger partial charge in [-0.15, -0.1) is 0 Å². The lowest BCUT2D eigenvalue weighted by Gasteiger charge is -2.36. The molecule has 1 aromatic carbocycles. The molecule has 1 atom stereocenters. The maximum absolute atomic E-state index is 14.5. The third-order valence-electron chi connectivity index (χ3n) is 6.29. The van der Waals surface area contributed by atoms with Gasteiger partial charge in [0.15, 0.2) is 0 Å². The number of sulfonamides is 1. The highest BCUT2D eigenvalue weighted by Crippen LogP contribution is 2.35. The lowest BCUT2D eigenvalue weighted by Crippen LogP contribution is -2.52. The molecule has 1 unspecified atom stereocenters. The van der Waals surface area contributed by atoms with Crippen molar-refractivity contribution in [1.29, 1.82) is 0 Å². The highest BCUT2D eigenvalue weighted by Gasteiger charge is 2.41. The normalized spacial score (nSPS) is 22.0. The van der Waals surface area contributed by atoms with Crippen LogP contribution in [0.5, 0.6) is 0 Å². The van der Waals surface area contributed by atoms with E-state index in [1.165, 1.54) is 27.7 Å². The minimum absolute atomic E-state index is 0.0769. The number of piperidine rings is 1. The Hall–Kier alpha value is -3.32. The van der Waals surface area contributed by atoms with Crippen molar-refractivity contribution in [2.45, 2.75) is 30.3 Å². The van der Waals surface area contributed by atoms with Gasteiger partial charge in [-0.2, -0.15) is 9.40 Å². The van der Waals surface area contributed by atoms with Gasteiger partial charge in [-0.05, 0) is 18.6 Å². The second-order valence-electron chi connectivity index (χ2n) is 8.18. The van der Waals surface area contributed by atoms with Crippen LogP contribution >= 0.6 is 0 Å². The molecule has 5 rings (SSSR count). The van der Waals surface area contributed by atoms with Gasteiger partial charge in [0.25, 0.3) is 5.91 Å². The van der Waals surface area contributed by atoms with Crippen LogP contribution in [-0.4, -0.2) is 77.8 Å². The number of rotatable bonds is 4. The lowest BCUT2D eigenvalue weighted by molar-refractivity contribution is -0.136. The summed E-state index contributed by atoms with van der Waals surface area (Å²) in [6.07, 6.45) is 2.91. The van der Waals surface area contributed by atoms with Crippen molar-refractivity contribution in [3.05, 3.63) is 41.5 Å². The van der Waals surface area contributed by atoms with E-state index in [-0.39, 0.29) is 48.8 Å². The molecule has 3 amide bonds. The van der Waals surface area contributed by atoms with Crippen molar-refractivity contribution >= 4 is 33.4 Å². The number of halogens is 1. The van der Waals surface area contributed by atoms with Crippen LogP contribution in [-0.2, 0) is 26.2 Å². The molecule has 0 aliphatic carbocycles. The molecule has 3 aliphatic heterocycles. The third-order valence-corrected chi connectivity index (χ3v) is 8.15. The van der Waals surface area contributed by atoms with E-state index in [4.69, 9.17) is 0 Å². The molecule has 0 spiro atoms. The molecule has 0 bridgehead atoms. The predicted octanol–water partition coefficient (Wildman–Crippen LogP) is -0.179. The minimum atomic E-state index is -3.68. The Balaban J connectivity index is 1.37. The van der Waals surface area contributed by atoms with E-state index in [1.54, 1.807) is 0 Å². The summed E-state index contributed by atoms with van der Waals surface area (Å²) in [6.45, 7) is 1.09. The van der Waals surface area contributed by atoms with Crippen LogP contribution in [0, 0.1) is 5.82 Å². The maximum atomic E-state index is 14.5. The monoisotopic (exact) mass is 476 g/mol. The molecule has 2 saturated heterocycles. The average Bonchev–Trinajstić information content (AvgIpc) is 3.43. The van der Waals surface area contributed by atoms with Gasteiger partial charge in [-0.25, -0.2) is 12.8 Å². The molecule has 4 heterocycles. The van der Waals surface area contributed by atoms with Crippen molar-refractivity contribution < 1.29 is 27.2 Å². The summed E-state index contributed by atoms with van der Waals surface area (Å²) in [5.41, 5.74) is 1.29. The number of hydrogen-bond acceptors (Lipinski definition) is 7. The van der Waals surface area contributed by atoms with Gasteiger partial charge < -0.3 is 9.80 Å². The van der Waals surface area contributed by atoms with Crippen LogP contribution in [0.2, 0.25) is 0 Å². The van der Waals surface area contributed by atoms with Gasteiger partial charge >= 0.3 is 0 Å². The molecule has 13 heteroatoms. The van der Waals surface area contributed by atoms with E-state index in [1.807, 2.05) is 4.90 Å². The Morgan fingerprint density at radius 2 is 1.85 bits per heavy atom. The Kier molecular flexibility index (Phi) is 5.16. The first-order valence-electron chi connectivity index (χ1n) is 10.5. The van der Waals surface area contributed by atoms with E-state index in [9.17, 15) is 27.2 Å². The Labute approximate surface area is 188 Å². The van der Waals surface area contributed by atoms with E-state index < -0.39 is 33.7 Å². The zero-order valence-electron chi connectivity index (χ0n) is 17.5. The number of aromatic nitrogens is 2. The number of imide groups is 1. The summed E-state index contributed by atoms with van der Waals surface area (Å²) in [6, 6.07) is 1.70. The fourth-order valence-corrected chi connectivity index (χ4v) is 5.92. The van der Waals surface area contributed by atoms with Gasteiger partial charge in [0.05, 0.1) is 6.20 Å². The smallest absolute Gasteiger partial charge is 0.255 e. The van der Waals surface area contributed by atoms with Gasteiger partial charge in [0, 0.05) is 62.2 Å². The Bertz CT molecular complexity index is 1240. The van der Waals surface area contributed by atoms with Gasteiger partial charge in [0.1, 0.15) is 16.8 Å². The van der Waals surface area contributed by atoms with E-state index >= 15 is 0 Å². The standard InChI is InChI=1S/C20H21FN6O5S/c21-12-7-14-15(11-27(20(14)30)16-1-2-18(28)24-19(16)29)17(8-12)25-3-5-26(6-4-25)33(31,32)13-9-22-23-10-13/h7-10,16H,1-6,11H2,(H,22,23)(H,24,28,29). The van der Waals surface area contributed by atoms with Crippen LogP contribution in [0.4, 0.5) is 10.1 Å². The summed E-state index contributed by atoms with van der Waals surface area (Å²) >= 11 is 0.